The van der Waals surface area contributed by atoms with Gasteiger partial charge in [0.05, 0.1) is 4.90 Å². The van der Waals surface area contributed by atoms with Crippen molar-refractivity contribution in [1.82, 2.24) is 9.21 Å². The first-order valence-corrected chi connectivity index (χ1v) is 8.83. The molecular weight excluding hydrogens is 328 g/mol. The maximum Gasteiger partial charge on any atom is 0.302 e. The van der Waals surface area contributed by atoms with Crippen molar-refractivity contribution in [2.75, 3.05) is 39.3 Å². The summed E-state index contributed by atoms with van der Waals surface area (Å²) in [6, 6.07) is 6.18. The quantitative estimate of drug-likeness (QED) is 0.750. The molecule has 2 rings (SSSR count). The zero-order valence-electron chi connectivity index (χ0n) is 12.4. The van der Waals surface area contributed by atoms with Gasteiger partial charge in [0.2, 0.25) is 10.0 Å². The molecule has 6 nitrogen and oxygen atoms in total. The highest BCUT2D eigenvalue weighted by molar-refractivity contribution is 7.89. The Hall–Kier alpha value is -1.15. The van der Waals surface area contributed by atoms with Gasteiger partial charge >= 0.3 is 5.97 Å². The molecule has 0 radical (unpaired) electrons. The van der Waals surface area contributed by atoms with Crippen LogP contribution in [0.5, 0.6) is 0 Å². The summed E-state index contributed by atoms with van der Waals surface area (Å²) in [6.45, 7) is 4.41. The van der Waals surface area contributed by atoms with E-state index in [1.807, 2.05) is 0 Å². The third-order valence-electron chi connectivity index (χ3n) is 3.50. The molecule has 0 aromatic heterocycles. The number of benzene rings is 1. The molecule has 0 N–H and O–H groups in total. The Kier molecular flexibility index (Phi) is 5.80. The molecule has 1 aromatic carbocycles. The summed E-state index contributed by atoms with van der Waals surface area (Å²) < 4.78 is 31.4. The minimum atomic E-state index is -3.47. The molecule has 22 heavy (non-hydrogen) atoms. The molecule has 1 fully saturated rings. The van der Waals surface area contributed by atoms with E-state index >= 15 is 0 Å². The molecule has 0 amide bonds. The Bertz CT molecular complexity index is 610. The zero-order chi connectivity index (χ0) is 16.2. The van der Waals surface area contributed by atoms with Crippen molar-refractivity contribution in [3.8, 4) is 0 Å². The van der Waals surface area contributed by atoms with E-state index in [9.17, 15) is 13.2 Å². The SMILES string of the molecule is CC(=O)OCCN1CCN(S(=O)(=O)c2ccc(Cl)cc2)CC1. The van der Waals surface area contributed by atoms with Gasteiger partial charge < -0.3 is 4.74 Å². The van der Waals surface area contributed by atoms with Crippen LogP contribution in [0.3, 0.4) is 0 Å². The van der Waals surface area contributed by atoms with Crippen LogP contribution in [0, 0.1) is 0 Å². The number of piperazine rings is 1. The van der Waals surface area contributed by atoms with Gasteiger partial charge in [0.1, 0.15) is 6.61 Å². The van der Waals surface area contributed by atoms with E-state index in [4.69, 9.17) is 16.3 Å². The Labute approximate surface area is 135 Å². The number of carbonyl (C=O) groups is 1. The second kappa shape index (κ2) is 7.41. The van der Waals surface area contributed by atoms with Crippen LogP contribution in [0.2, 0.25) is 5.02 Å². The molecule has 1 aliphatic heterocycles. The minimum absolute atomic E-state index is 0.255. The summed E-state index contributed by atoms with van der Waals surface area (Å²) in [5.74, 6) is -0.302. The number of hydrogen-bond acceptors (Lipinski definition) is 5. The molecule has 1 heterocycles. The molecule has 1 aliphatic rings. The van der Waals surface area contributed by atoms with Crippen LogP contribution in [0.4, 0.5) is 0 Å². The number of carbonyl (C=O) groups excluding carboxylic acids is 1. The number of sulfonamides is 1. The largest absolute Gasteiger partial charge is 0.465 e. The molecule has 1 saturated heterocycles. The fourth-order valence-corrected chi connectivity index (χ4v) is 3.82. The number of esters is 1. The molecule has 0 unspecified atom stereocenters. The van der Waals surface area contributed by atoms with Crippen molar-refractivity contribution in [2.24, 2.45) is 0 Å². The highest BCUT2D eigenvalue weighted by Crippen LogP contribution is 2.19. The predicted octanol–water partition coefficient (Wildman–Crippen LogP) is 1.21. The standard InChI is InChI=1S/C14H19ClN2O4S/c1-12(18)21-11-10-16-6-8-17(9-7-16)22(19,20)14-4-2-13(15)3-5-14/h2-5H,6-11H2,1H3. The maximum atomic E-state index is 12.5. The van der Waals surface area contributed by atoms with E-state index in [-0.39, 0.29) is 10.9 Å². The number of rotatable bonds is 5. The zero-order valence-corrected chi connectivity index (χ0v) is 13.9. The van der Waals surface area contributed by atoms with Gasteiger partial charge in [-0.25, -0.2) is 8.42 Å². The van der Waals surface area contributed by atoms with Gasteiger partial charge in [-0.2, -0.15) is 4.31 Å². The van der Waals surface area contributed by atoms with Gasteiger partial charge in [0.15, 0.2) is 0 Å². The fraction of sp³-hybridized carbons (Fsp3) is 0.500. The van der Waals surface area contributed by atoms with Crippen molar-refractivity contribution >= 4 is 27.6 Å². The highest BCUT2D eigenvalue weighted by atomic mass is 35.5. The monoisotopic (exact) mass is 346 g/mol. The summed E-state index contributed by atoms with van der Waals surface area (Å²) in [5, 5.41) is 0.509. The van der Waals surface area contributed by atoms with E-state index in [2.05, 4.69) is 4.90 Å². The van der Waals surface area contributed by atoms with Crippen LogP contribution in [0.25, 0.3) is 0 Å². The molecular formula is C14H19ClN2O4S. The van der Waals surface area contributed by atoms with Crippen molar-refractivity contribution in [1.29, 1.82) is 0 Å². The van der Waals surface area contributed by atoms with E-state index in [1.165, 1.54) is 23.4 Å². The van der Waals surface area contributed by atoms with Crippen LogP contribution >= 0.6 is 11.6 Å². The molecule has 0 atom stereocenters. The minimum Gasteiger partial charge on any atom is -0.465 e. The smallest absolute Gasteiger partial charge is 0.302 e. The molecule has 1 aromatic rings. The van der Waals surface area contributed by atoms with Crippen LogP contribution in [-0.2, 0) is 19.6 Å². The van der Waals surface area contributed by atoms with Gasteiger partial charge in [-0.1, -0.05) is 11.6 Å². The molecule has 0 aliphatic carbocycles. The second-order valence-corrected chi connectivity index (χ2v) is 7.41. The topological polar surface area (TPSA) is 66.9 Å². The molecule has 0 bridgehead atoms. The number of halogens is 1. The lowest BCUT2D eigenvalue weighted by molar-refractivity contribution is -0.141. The van der Waals surface area contributed by atoms with Crippen LogP contribution in [0.15, 0.2) is 29.2 Å². The summed E-state index contributed by atoms with van der Waals surface area (Å²) in [4.78, 5) is 13.0. The number of nitrogens with zero attached hydrogens (tertiary/aromatic N) is 2. The average Bonchev–Trinajstić information content (AvgIpc) is 2.48. The predicted molar refractivity (Wildman–Crippen MR) is 83.3 cm³/mol. The maximum absolute atomic E-state index is 12.5. The number of hydrogen-bond donors (Lipinski definition) is 0. The Morgan fingerprint density at radius 2 is 1.77 bits per heavy atom. The average molecular weight is 347 g/mol. The van der Waals surface area contributed by atoms with Crippen molar-refractivity contribution in [3.63, 3.8) is 0 Å². The number of ether oxygens (including phenoxy) is 1. The van der Waals surface area contributed by atoms with E-state index in [1.54, 1.807) is 12.1 Å². The third-order valence-corrected chi connectivity index (χ3v) is 5.66. The first-order chi connectivity index (χ1) is 10.4. The summed E-state index contributed by atoms with van der Waals surface area (Å²) in [5.41, 5.74) is 0. The summed E-state index contributed by atoms with van der Waals surface area (Å²) in [7, 11) is -3.47. The molecule has 0 saturated carbocycles. The Morgan fingerprint density at radius 3 is 2.32 bits per heavy atom. The lowest BCUT2D eigenvalue weighted by Crippen LogP contribution is -2.49. The van der Waals surface area contributed by atoms with Gasteiger partial charge in [0, 0.05) is 44.7 Å². The highest BCUT2D eigenvalue weighted by Gasteiger charge is 2.28. The van der Waals surface area contributed by atoms with Crippen molar-refractivity contribution in [3.05, 3.63) is 29.3 Å². The lowest BCUT2D eigenvalue weighted by atomic mass is 10.3. The molecule has 8 heteroatoms. The Balaban J connectivity index is 1.90. The van der Waals surface area contributed by atoms with Crippen LogP contribution < -0.4 is 0 Å². The van der Waals surface area contributed by atoms with Gasteiger partial charge in [-0.3, -0.25) is 9.69 Å². The van der Waals surface area contributed by atoms with Gasteiger partial charge in [0.25, 0.3) is 0 Å². The molecule has 0 spiro atoms. The van der Waals surface area contributed by atoms with Crippen LogP contribution in [-0.4, -0.2) is 62.9 Å². The summed E-state index contributed by atoms with van der Waals surface area (Å²) >= 11 is 5.79. The van der Waals surface area contributed by atoms with E-state index in [0.717, 1.165) is 0 Å². The van der Waals surface area contributed by atoms with Gasteiger partial charge in [-0.15, -0.1) is 0 Å². The Morgan fingerprint density at radius 1 is 1.18 bits per heavy atom. The van der Waals surface area contributed by atoms with E-state index in [0.29, 0.717) is 44.4 Å². The van der Waals surface area contributed by atoms with Crippen molar-refractivity contribution < 1.29 is 17.9 Å². The fourth-order valence-electron chi connectivity index (χ4n) is 2.27. The lowest BCUT2D eigenvalue weighted by Gasteiger charge is -2.33. The first kappa shape index (κ1) is 17.2. The summed E-state index contributed by atoms with van der Waals surface area (Å²) in [6.07, 6.45) is 0. The third kappa shape index (κ3) is 4.42. The second-order valence-electron chi connectivity index (χ2n) is 5.04. The molecule has 122 valence electrons. The normalized spacial score (nSPS) is 17.4. The van der Waals surface area contributed by atoms with Gasteiger partial charge in [-0.05, 0) is 24.3 Å². The van der Waals surface area contributed by atoms with Crippen molar-refractivity contribution in [2.45, 2.75) is 11.8 Å². The first-order valence-electron chi connectivity index (χ1n) is 7.01. The van der Waals surface area contributed by atoms with E-state index < -0.39 is 10.0 Å². The van der Waals surface area contributed by atoms with Crippen LogP contribution in [0.1, 0.15) is 6.92 Å².